The van der Waals surface area contributed by atoms with Gasteiger partial charge in [-0.05, 0) is 43.4 Å². The van der Waals surface area contributed by atoms with Gasteiger partial charge in [-0.25, -0.2) is 0 Å². The molecule has 3 rings (SSSR count). The molecule has 0 unspecified atom stereocenters. The first kappa shape index (κ1) is 16.7. The highest BCUT2D eigenvalue weighted by Crippen LogP contribution is 2.26. The molecule has 1 aliphatic heterocycles. The lowest BCUT2D eigenvalue weighted by Crippen LogP contribution is -2.32. The highest BCUT2D eigenvalue weighted by Gasteiger charge is 2.21. The van der Waals surface area contributed by atoms with E-state index in [4.69, 9.17) is 4.74 Å². The molecule has 0 bridgehead atoms. The fraction of sp³-hybridized carbons (Fsp3) is 0.474. The molecular formula is C19H25N3O2. The number of benzene rings is 1. The minimum Gasteiger partial charge on any atom is -0.371 e. The molecule has 0 spiro atoms. The molecule has 2 aromatic rings. The van der Waals surface area contributed by atoms with Crippen LogP contribution in [0.3, 0.4) is 0 Å². The average Bonchev–Trinajstić information content (AvgIpc) is 2.83. The molecule has 1 aliphatic rings. The number of nitrogens with one attached hydrogen (secondary N) is 1. The third kappa shape index (κ3) is 3.51. The van der Waals surface area contributed by atoms with Gasteiger partial charge in [-0.2, -0.15) is 5.10 Å². The summed E-state index contributed by atoms with van der Waals surface area (Å²) >= 11 is 0. The van der Waals surface area contributed by atoms with E-state index in [0.717, 1.165) is 24.2 Å². The van der Waals surface area contributed by atoms with Crippen molar-refractivity contribution in [3.63, 3.8) is 0 Å². The topological polar surface area (TPSA) is 56.2 Å². The normalized spacial score (nSPS) is 16.7. The van der Waals surface area contributed by atoms with Crippen molar-refractivity contribution in [3.05, 3.63) is 52.3 Å². The van der Waals surface area contributed by atoms with Crippen molar-refractivity contribution < 1.29 is 9.53 Å². The summed E-state index contributed by atoms with van der Waals surface area (Å²) in [6.45, 7) is 5.28. The Morgan fingerprint density at radius 2 is 2.17 bits per heavy atom. The first-order chi connectivity index (χ1) is 11.6. The lowest BCUT2D eigenvalue weighted by Gasteiger charge is -2.26. The summed E-state index contributed by atoms with van der Waals surface area (Å²) in [5.41, 5.74) is 5.83. The van der Waals surface area contributed by atoms with Crippen molar-refractivity contribution in [2.75, 3.05) is 13.2 Å². The molecule has 1 N–H and O–H groups in total. The van der Waals surface area contributed by atoms with Crippen LogP contribution < -0.4 is 5.32 Å². The molecule has 0 fully saturated rings. The number of ether oxygens (including phenoxy) is 1. The molecule has 0 radical (unpaired) electrons. The van der Waals surface area contributed by atoms with Crippen molar-refractivity contribution in [1.29, 1.82) is 0 Å². The Balaban J connectivity index is 1.53. The molecule has 1 aromatic heterocycles. The van der Waals surface area contributed by atoms with Gasteiger partial charge in [0.25, 0.3) is 0 Å². The summed E-state index contributed by atoms with van der Waals surface area (Å²) in [4.78, 5) is 12.2. The largest absolute Gasteiger partial charge is 0.371 e. The van der Waals surface area contributed by atoms with Crippen molar-refractivity contribution in [2.24, 2.45) is 7.05 Å². The van der Waals surface area contributed by atoms with Gasteiger partial charge in [0.2, 0.25) is 5.91 Å². The summed E-state index contributed by atoms with van der Waals surface area (Å²) in [6, 6.07) is 8.31. The maximum Gasteiger partial charge on any atom is 0.220 e. The second-order valence-electron chi connectivity index (χ2n) is 6.39. The Hall–Kier alpha value is -2.14. The molecule has 24 heavy (non-hydrogen) atoms. The Morgan fingerprint density at radius 1 is 1.38 bits per heavy atom. The van der Waals surface area contributed by atoms with Gasteiger partial charge in [0, 0.05) is 25.7 Å². The van der Waals surface area contributed by atoms with Crippen LogP contribution in [0.1, 0.15) is 40.6 Å². The highest BCUT2D eigenvalue weighted by atomic mass is 16.5. The number of fused-ring (bicyclic) bond motifs is 1. The lowest BCUT2D eigenvalue weighted by atomic mass is 9.97. The molecule has 5 nitrogen and oxygen atoms in total. The molecule has 5 heteroatoms. The molecule has 0 aliphatic carbocycles. The molecular weight excluding hydrogens is 302 g/mol. The van der Waals surface area contributed by atoms with Crippen molar-refractivity contribution >= 4 is 5.91 Å². The maximum absolute atomic E-state index is 12.2. The van der Waals surface area contributed by atoms with E-state index in [9.17, 15) is 4.79 Å². The first-order valence-electron chi connectivity index (χ1n) is 8.51. The van der Waals surface area contributed by atoms with Crippen LogP contribution >= 0.6 is 0 Å². The van der Waals surface area contributed by atoms with E-state index in [1.807, 2.05) is 31.6 Å². The maximum atomic E-state index is 12.2. The van der Waals surface area contributed by atoms with Crippen molar-refractivity contribution in [2.45, 2.75) is 39.2 Å². The zero-order valence-corrected chi connectivity index (χ0v) is 14.6. The van der Waals surface area contributed by atoms with Crippen LogP contribution in [0.4, 0.5) is 0 Å². The van der Waals surface area contributed by atoms with E-state index in [-0.39, 0.29) is 12.0 Å². The Kier molecular flexibility index (Phi) is 5.00. The summed E-state index contributed by atoms with van der Waals surface area (Å²) in [6.07, 6.45) is 2.10. The molecule has 1 atom stereocenters. The van der Waals surface area contributed by atoms with Crippen LogP contribution in [0.2, 0.25) is 0 Å². The van der Waals surface area contributed by atoms with Gasteiger partial charge in [0.05, 0.1) is 12.3 Å². The summed E-state index contributed by atoms with van der Waals surface area (Å²) in [7, 11) is 1.93. The second kappa shape index (κ2) is 7.18. The Morgan fingerprint density at radius 3 is 2.92 bits per heavy atom. The standard InChI is InChI=1S/C19H25N3O2/c1-13-16(14(2)22(3)21-13)8-9-19(23)20-12-18-17-7-5-4-6-15(17)10-11-24-18/h4-7,18H,8-12H2,1-3H3,(H,20,23)/t18-/m1/s1. The van der Waals surface area contributed by atoms with Crippen LogP contribution in [0.25, 0.3) is 0 Å². The minimum atomic E-state index is -0.0410. The van der Waals surface area contributed by atoms with Gasteiger partial charge in [0.1, 0.15) is 6.10 Å². The van der Waals surface area contributed by atoms with E-state index in [1.165, 1.54) is 16.7 Å². The van der Waals surface area contributed by atoms with Crippen LogP contribution in [0.15, 0.2) is 24.3 Å². The monoisotopic (exact) mass is 327 g/mol. The van der Waals surface area contributed by atoms with E-state index >= 15 is 0 Å². The smallest absolute Gasteiger partial charge is 0.220 e. The Bertz CT molecular complexity index is 736. The van der Waals surface area contributed by atoms with E-state index < -0.39 is 0 Å². The van der Waals surface area contributed by atoms with Crippen LogP contribution in [0.5, 0.6) is 0 Å². The van der Waals surface area contributed by atoms with Gasteiger partial charge in [-0.3, -0.25) is 9.48 Å². The number of hydrogen-bond acceptors (Lipinski definition) is 3. The predicted octanol–water partition coefficient (Wildman–Crippen LogP) is 2.40. The van der Waals surface area contributed by atoms with E-state index in [1.54, 1.807) is 0 Å². The SMILES string of the molecule is Cc1nn(C)c(C)c1CCC(=O)NC[C@H]1OCCc2ccccc21. The number of carbonyl (C=O) groups is 1. The van der Waals surface area contributed by atoms with Gasteiger partial charge in [-0.1, -0.05) is 24.3 Å². The molecule has 2 heterocycles. The second-order valence-corrected chi connectivity index (χ2v) is 6.39. The average molecular weight is 327 g/mol. The quantitative estimate of drug-likeness (QED) is 0.917. The number of hydrogen-bond donors (Lipinski definition) is 1. The van der Waals surface area contributed by atoms with Gasteiger partial charge in [0.15, 0.2) is 0 Å². The summed E-state index contributed by atoms with van der Waals surface area (Å²) in [5, 5.41) is 7.42. The summed E-state index contributed by atoms with van der Waals surface area (Å²) in [5.74, 6) is 0.0595. The highest BCUT2D eigenvalue weighted by molar-refractivity contribution is 5.76. The fourth-order valence-electron chi connectivity index (χ4n) is 3.36. The molecule has 1 aromatic carbocycles. The van der Waals surface area contributed by atoms with Crippen LogP contribution in [0, 0.1) is 13.8 Å². The minimum absolute atomic E-state index is 0.0410. The lowest BCUT2D eigenvalue weighted by molar-refractivity contribution is -0.121. The zero-order valence-electron chi connectivity index (χ0n) is 14.6. The predicted molar refractivity (Wildman–Crippen MR) is 92.9 cm³/mol. The van der Waals surface area contributed by atoms with Crippen molar-refractivity contribution in [1.82, 2.24) is 15.1 Å². The fourth-order valence-corrected chi connectivity index (χ4v) is 3.36. The molecule has 0 saturated heterocycles. The molecule has 0 saturated carbocycles. The number of amides is 1. The van der Waals surface area contributed by atoms with Gasteiger partial charge >= 0.3 is 0 Å². The zero-order chi connectivity index (χ0) is 17.1. The third-order valence-corrected chi connectivity index (χ3v) is 4.84. The molecule has 128 valence electrons. The van der Waals surface area contributed by atoms with Gasteiger partial charge in [-0.15, -0.1) is 0 Å². The van der Waals surface area contributed by atoms with Crippen LogP contribution in [-0.4, -0.2) is 28.8 Å². The number of nitrogens with zero attached hydrogens (tertiary/aromatic N) is 2. The first-order valence-corrected chi connectivity index (χ1v) is 8.51. The number of aromatic nitrogens is 2. The number of carbonyl (C=O) groups excluding carboxylic acids is 1. The van der Waals surface area contributed by atoms with E-state index in [2.05, 4.69) is 28.6 Å². The number of aryl methyl sites for hydroxylation is 2. The summed E-state index contributed by atoms with van der Waals surface area (Å²) < 4.78 is 7.70. The van der Waals surface area contributed by atoms with Gasteiger partial charge < -0.3 is 10.1 Å². The van der Waals surface area contributed by atoms with Crippen LogP contribution in [-0.2, 0) is 29.4 Å². The van der Waals surface area contributed by atoms with E-state index in [0.29, 0.717) is 19.6 Å². The molecule has 1 amide bonds. The van der Waals surface area contributed by atoms with Crippen molar-refractivity contribution in [3.8, 4) is 0 Å². The third-order valence-electron chi connectivity index (χ3n) is 4.84. The number of rotatable bonds is 5. The Labute approximate surface area is 143 Å².